The largest absolute Gasteiger partial charge is 0.439 e. The van der Waals surface area contributed by atoms with Crippen LogP contribution in [-0.2, 0) is 0 Å². The molecule has 0 saturated heterocycles. The van der Waals surface area contributed by atoms with Gasteiger partial charge < -0.3 is 24.4 Å². The standard InChI is InChI=1S/C25H26N2O3/c1-3-26-20-13-5-7-15-22(20)29-24(26)17-9-11-19(28)12-10-18-25-27(4-2)21-14-6-8-16-23(21)30-25/h5-19,28H,3-4H2,1-2H3. The summed E-state index contributed by atoms with van der Waals surface area (Å²) < 4.78 is 11.8. The maximum atomic E-state index is 10.2. The molecule has 1 N–H and O–H groups in total. The number of nitrogens with zero attached hydrogens (tertiary/aromatic N) is 2. The molecule has 0 aliphatic carbocycles. The summed E-state index contributed by atoms with van der Waals surface area (Å²) in [6.45, 7) is 5.78. The Morgan fingerprint density at radius 2 is 1.20 bits per heavy atom. The highest BCUT2D eigenvalue weighted by Crippen LogP contribution is 2.39. The monoisotopic (exact) mass is 402 g/mol. The van der Waals surface area contributed by atoms with Crippen molar-refractivity contribution in [3.8, 4) is 11.5 Å². The molecule has 5 heteroatoms. The molecule has 4 rings (SSSR count). The molecule has 0 fully saturated rings. The Morgan fingerprint density at radius 3 is 1.63 bits per heavy atom. The Labute approximate surface area is 177 Å². The van der Waals surface area contributed by atoms with Gasteiger partial charge in [0.15, 0.2) is 11.5 Å². The average Bonchev–Trinajstić information content (AvgIpc) is 3.30. The van der Waals surface area contributed by atoms with E-state index in [1.54, 1.807) is 12.2 Å². The second kappa shape index (κ2) is 8.93. The van der Waals surface area contributed by atoms with Gasteiger partial charge in [0.1, 0.15) is 0 Å². The van der Waals surface area contributed by atoms with Gasteiger partial charge in [-0.25, -0.2) is 0 Å². The van der Waals surface area contributed by atoms with Gasteiger partial charge in [-0.15, -0.1) is 0 Å². The molecule has 5 nitrogen and oxygen atoms in total. The maximum Gasteiger partial charge on any atom is 0.200 e. The number of para-hydroxylation sites is 4. The number of allylic oxidation sites excluding steroid dienone is 4. The van der Waals surface area contributed by atoms with E-state index in [2.05, 4.69) is 23.6 Å². The van der Waals surface area contributed by atoms with Crippen LogP contribution in [0.2, 0.25) is 0 Å². The summed E-state index contributed by atoms with van der Waals surface area (Å²) in [4.78, 5) is 4.20. The van der Waals surface area contributed by atoms with Crippen LogP contribution in [-0.4, -0.2) is 24.3 Å². The van der Waals surface area contributed by atoms with Crippen LogP contribution in [0.3, 0.4) is 0 Å². The lowest BCUT2D eigenvalue weighted by molar-refractivity contribution is 0.271. The molecule has 0 aromatic heterocycles. The molecule has 0 saturated carbocycles. The quantitative estimate of drug-likeness (QED) is 0.738. The molecule has 0 spiro atoms. The maximum absolute atomic E-state index is 10.2. The smallest absolute Gasteiger partial charge is 0.200 e. The van der Waals surface area contributed by atoms with E-state index in [-0.39, 0.29) is 0 Å². The first kappa shape index (κ1) is 19.9. The van der Waals surface area contributed by atoms with Crippen LogP contribution < -0.4 is 19.3 Å². The molecule has 30 heavy (non-hydrogen) atoms. The van der Waals surface area contributed by atoms with Crippen LogP contribution in [0, 0.1) is 0 Å². The molecular weight excluding hydrogens is 376 g/mol. The minimum atomic E-state index is -0.712. The number of anilines is 2. The number of fused-ring (bicyclic) bond motifs is 2. The van der Waals surface area contributed by atoms with E-state index in [4.69, 9.17) is 9.47 Å². The third kappa shape index (κ3) is 3.98. The summed E-state index contributed by atoms with van der Waals surface area (Å²) in [5.41, 5.74) is 2.12. The SMILES string of the molecule is CCN1C(=CC=CC(O)C=CC=C2Oc3ccccc3N2CC)Oc2ccccc21. The number of ether oxygens (including phenoxy) is 2. The van der Waals surface area contributed by atoms with Crippen LogP contribution in [0.15, 0.2) is 96.8 Å². The Morgan fingerprint density at radius 1 is 0.767 bits per heavy atom. The fourth-order valence-electron chi connectivity index (χ4n) is 3.57. The first-order valence-corrected chi connectivity index (χ1v) is 10.2. The summed E-state index contributed by atoms with van der Waals surface area (Å²) in [5, 5.41) is 10.2. The van der Waals surface area contributed by atoms with Gasteiger partial charge in [-0.3, -0.25) is 0 Å². The lowest BCUT2D eigenvalue weighted by Gasteiger charge is -2.15. The second-order valence-corrected chi connectivity index (χ2v) is 6.90. The number of rotatable bonds is 6. The molecule has 2 aliphatic rings. The van der Waals surface area contributed by atoms with Gasteiger partial charge in [0, 0.05) is 13.1 Å². The van der Waals surface area contributed by atoms with Crippen LogP contribution >= 0.6 is 0 Å². The topological polar surface area (TPSA) is 45.2 Å². The Kier molecular flexibility index (Phi) is 5.91. The summed E-state index contributed by atoms with van der Waals surface area (Å²) in [6, 6.07) is 15.9. The van der Waals surface area contributed by atoms with Gasteiger partial charge in [0.2, 0.25) is 11.8 Å². The molecule has 0 radical (unpaired) electrons. The fourth-order valence-corrected chi connectivity index (χ4v) is 3.57. The molecule has 2 aliphatic heterocycles. The summed E-state index contributed by atoms with van der Waals surface area (Å²) >= 11 is 0. The van der Waals surface area contributed by atoms with Crippen molar-refractivity contribution in [3.63, 3.8) is 0 Å². The molecule has 154 valence electrons. The average molecular weight is 402 g/mol. The third-order valence-electron chi connectivity index (χ3n) is 5.00. The van der Waals surface area contributed by atoms with E-state index >= 15 is 0 Å². The van der Waals surface area contributed by atoms with E-state index < -0.39 is 6.10 Å². The number of benzene rings is 2. The third-order valence-corrected chi connectivity index (χ3v) is 5.00. The van der Waals surface area contributed by atoms with Crippen molar-refractivity contribution in [1.29, 1.82) is 0 Å². The number of aliphatic hydroxyl groups excluding tert-OH is 1. The highest BCUT2D eigenvalue weighted by molar-refractivity contribution is 5.67. The van der Waals surface area contributed by atoms with Gasteiger partial charge in [-0.2, -0.15) is 0 Å². The van der Waals surface area contributed by atoms with Crippen LogP contribution in [0.4, 0.5) is 11.4 Å². The lowest BCUT2D eigenvalue weighted by Crippen LogP contribution is -2.19. The minimum absolute atomic E-state index is 0.712. The molecule has 0 unspecified atom stereocenters. The van der Waals surface area contributed by atoms with Crippen molar-refractivity contribution in [3.05, 3.63) is 96.8 Å². The number of aliphatic hydroxyl groups is 1. The predicted octanol–water partition coefficient (Wildman–Crippen LogP) is 4.98. The highest BCUT2D eigenvalue weighted by atomic mass is 16.5. The van der Waals surface area contributed by atoms with Crippen molar-refractivity contribution in [1.82, 2.24) is 0 Å². The zero-order valence-electron chi connectivity index (χ0n) is 17.2. The Hall–Kier alpha value is -3.44. The van der Waals surface area contributed by atoms with Crippen LogP contribution in [0.25, 0.3) is 0 Å². The first-order chi connectivity index (χ1) is 14.7. The Bertz CT molecular complexity index is 941. The van der Waals surface area contributed by atoms with E-state index in [0.29, 0.717) is 0 Å². The van der Waals surface area contributed by atoms with Gasteiger partial charge >= 0.3 is 0 Å². The first-order valence-electron chi connectivity index (χ1n) is 10.2. The zero-order valence-corrected chi connectivity index (χ0v) is 17.2. The molecule has 2 aromatic rings. The summed E-state index contributed by atoms with van der Waals surface area (Å²) in [5.74, 6) is 3.21. The molecule has 2 aromatic carbocycles. The van der Waals surface area contributed by atoms with E-state index in [1.165, 1.54) is 0 Å². The van der Waals surface area contributed by atoms with Gasteiger partial charge in [0.25, 0.3) is 0 Å². The fraction of sp³-hybridized carbons (Fsp3) is 0.200. The number of hydrogen-bond acceptors (Lipinski definition) is 5. The highest BCUT2D eigenvalue weighted by Gasteiger charge is 2.24. The van der Waals surface area contributed by atoms with Gasteiger partial charge in [-0.1, -0.05) is 48.6 Å². The van der Waals surface area contributed by atoms with Gasteiger partial charge in [0.05, 0.1) is 17.5 Å². The molecule has 0 bridgehead atoms. The summed E-state index contributed by atoms with van der Waals surface area (Å²) in [7, 11) is 0. The predicted molar refractivity (Wildman–Crippen MR) is 121 cm³/mol. The number of hydrogen-bond donors (Lipinski definition) is 1. The van der Waals surface area contributed by atoms with Crippen LogP contribution in [0.5, 0.6) is 11.5 Å². The van der Waals surface area contributed by atoms with Crippen LogP contribution in [0.1, 0.15) is 13.8 Å². The molecule has 2 heterocycles. The van der Waals surface area contributed by atoms with E-state index in [9.17, 15) is 5.11 Å². The van der Waals surface area contributed by atoms with Gasteiger partial charge in [-0.05, 0) is 50.3 Å². The van der Waals surface area contributed by atoms with Crippen molar-refractivity contribution in [2.24, 2.45) is 0 Å². The lowest BCUT2D eigenvalue weighted by atomic mass is 10.2. The van der Waals surface area contributed by atoms with Crippen molar-refractivity contribution in [2.75, 3.05) is 22.9 Å². The zero-order chi connectivity index (χ0) is 20.9. The van der Waals surface area contributed by atoms with Crippen molar-refractivity contribution in [2.45, 2.75) is 20.0 Å². The second-order valence-electron chi connectivity index (χ2n) is 6.90. The summed E-state index contributed by atoms with van der Waals surface area (Å²) in [6.07, 6.45) is 10.1. The van der Waals surface area contributed by atoms with Crippen molar-refractivity contribution < 1.29 is 14.6 Å². The normalized spacial score (nSPS) is 18.9. The van der Waals surface area contributed by atoms with E-state index in [1.807, 2.05) is 72.8 Å². The van der Waals surface area contributed by atoms with E-state index in [0.717, 1.165) is 47.7 Å². The minimum Gasteiger partial charge on any atom is -0.439 e. The Balaban J connectivity index is 1.39. The molecular formula is C25H26N2O3. The molecule has 0 atom stereocenters. The van der Waals surface area contributed by atoms with Crippen molar-refractivity contribution >= 4 is 11.4 Å². The molecule has 0 amide bonds.